The van der Waals surface area contributed by atoms with Crippen molar-refractivity contribution in [3.8, 4) is 33.6 Å². The molecule has 0 saturated heterocycles. The fourth-order valence-electron chi connectivity index (χ4n) is 7.58. The summed E-state index contributed by atoms with van der Waals surface area (Å²) in [6, 6.07) is 40.0. The third-order valence-electron chi connectivity index (χ3n) is 10.2. The first-order valence-electron chi connectivity index (χ1n) is 19.0. The monoisotopic (exact) mass is 718 g/mol. The number of para-hydroxylation sites is 4. The summed E-state index contributed by atoms with van der Waals surface area (Å²) < 4.78 is 0. The Balaban J connectivity index is 1.15. The zero-order valence-electron chi connectivity index (χ0n) is 30.2. The topological polar surface area (TPSA) is 32.3 Å². The standard InChI is InChI=1S/C46H46N4S2/c1-3-5-7-13-29-49-39-19-9-11-21-41(39)51-43-23-15-17-35(45(43)49)33-25-27-47-37(31-33)38-32-34(26-28-48-38)36-18-16-24-44-46(36)50(30-14-8-6-4-2)40-20-10-12-22-42(40)52-44/h9-12,15-28,31-32H,3-8,13-14,29-30H2,1-2H3. The second-order valence-electron chi connectivity index (χ2n) is 13.7. The Labute approximate surface area is 317 Å². The van der Waals surface area contributed by atoms with Crippen molar-refractivity contribution in [1.82, 2.24) is 9.97 Å². The van der Waals surface area contributed by atoms with Gasteiger partial charge in [-0.15, -0.1) is 0 Å². The lowest BCUT2D eigenvalue weighted by Crippen LogP contribution is -2.22. The molecule has 2 aromatic heterocycles. The molecule has 8 rings (SSSR count). The maximum atomic E-state index is 4.90. The number of hydrogen-bond acceptors (Lipinski definition) is 6. The highest BCUT2D eigenvalue weighted by molar-refractivity contribution is 8.00. The zero-order chi connectivity index (χ0) is 35.3. The molecular formula is C46H46N4S2. The largest absolute Gasteiger partial charge is 0.339 e. The van der Waals surface area contributed by atoms with Gasteiger partial charge >= 0.3 is 0 Å². The molecule has 4 nitrogen and oxygen atoms in total. The minimum Gasteiger partial charge on any atom is -0.339 e. The highest BCUT2D eigenvalue weighted by atomic mass is 32.2. The van der Waals surface area contributed by atoms with Gasteiger partial charge in [0.1, 0.15) is 0 Å². The van der Waals surface area contributed by atoms with Crippen molar-refractivity contribution in [1.29, 1.82) is 0 Å². The van der Waals surface area contributed by atoms with E-state index in [9.17, 15) is 0 Å². The van der Waals surface area contributed by atoms with E-state index in [1.165, 1.54) is 105 Å². The van der Waals surface area contributed by atoms with Gasteiger partial charge in [-0.2, -0.15) is 0 Å². The van der Waals surface area contributed by atoms with Gasteiger partial charge in [-0.25, -0.2) is 0 Å². The van der Waals surface area contributed by atoms with Crippen molar-refractivity contribution in [2.24, 2.45) is 0 Å². The number of unbranched alkanes of at least 4 members (excludes halogenated alkanes) is 6. The summed E-state index contributed by atoms with van der Waals surface area (Å²) in [5, 5.41) is 0. The van der Waals surface area contributed by atoms with Crippen LogP contribution in [0, 0.1) is 0 Å². The molecule has 0 amide bonds. The van der Waals surface area contributed by atoms with Crippen LogP contribution in [0.1, 0.15) is 65.2 Å². The number of anilines is 4. The molecular weight excluding hydrogens is 673 g/mol. The maximum Gasteiger partial charge on any atom is 0.0892 e. The lowest BCUT2D eigenvalue weighted by molar-refractivity contribution is 0.666. The van der Waals surface area contributed by atoms with Crippen LogP contribution in [0.15, 0.2) is 141 Å². The summed E-state index contributed by atoms with van der Waals surface area (Å²) in [4.78, 5) is 20.2. The van der Waals surface area contributed by atoms with Crippen LogP contribution in [0.4, 0.5) is 22.7 Å². The van der Waals surface area contributed by atoms with Crippen LogP contribution < -0.4 is 9.80 Å². The van der Waals surface area contributed by atoms with Crippen LogP contribution in [0.2, 0.25) is 0 Å². The Morgan fingerprint density at radius 1 is 0.462 bits per heavy atom. The van der Waals surface area contributed by atoms with Crippen molar-refractivity contribution in [2.45, 2.75) is 84.8 Å². The first-order chi connectivity index (χ1) is 25.7. The van der Waals surface area contributed by atoms with E-state index in [2.05, 4.69) is 133 Å². The molecule has 4 aromatic carbocycles. The first-order valence-corrected chi connectivity index (χ1v) is 20.6. The van der Waals surface area contributed by atoms with Crippen molar-refractivity contribution >= 4 is 46.3 Å². The molecule has 4 heterocycles. The van der Waals surface area contributed by atoms with Crippen molar-refractivity contribution in [2.75, 3.05) is 22.9 Å². The fraction of sp³-hybridized carbons (Fsp3) is 0.261. The van der Waals surface area contributed by atoms with E-state index in [0.29, 0.717) is 0 Å². The van der Waals surface area contributed by atoms with Gasteiger partial charge in [0, 0.05) is 56.2 Å². The maximum absolute atomic E-state index is 4.90. The van der Waals surface area contributed by atoms with Crippen LogP contribution in [0.3, 0.4) is 0 Å². The fourth-order valence-corrected chi connectivity index (χ4v) is 9.84. The van der Waals surface area contributed by atoms with Gasteiger partial charge in [-0.1, -0.05) is 124 Å². The van der Waals surface area contributed by atoms with Gasteiger partial charge in [-0.3, -0.25) is 9.97 Å². The van der Waals surface area contributed by atoms with Crippen molar-refractivity contribution in [3.63, 3.8) is 0 Å². The van der Waals surface area contributed by atoms with Gasteiger partial charge in [0.25, 0.3) is 0 Å². The molecule has 262 valence electrons. The molecule has 0 fully saturated rings. The molecule has 6 aromatic rings. The molecule has 0 spiro atoms. The van der Waals surface area contributed by atoms with Crippen molar-refractivity contribution in [3.05, 3.63) is 122 Å². The van der Waals surface area contributed by atoms with Gasteiger partial charge in [0.15, 0.2) is 0 Å². The van der Waals surface area contributed by atoms with Crippen LogP contribution in [-0.2, 0) is 0 Å². The SMILES string of the molecule is CCCCCCN1c2ccccc2Sc2cccc(-c3ccnc(-c4cc(-c5cccc6c5N(CCCCCC)c5ccccc5S6)ccn4)c3)c21. The van der Waals surface area contributed by atoms with Crippen LogP contribution in [0.25, 0.3) is 33.6 Å². The third kappa shape index (κ3) is 6.99. The van der Waals surface area contributed by atoms with E-state index in [1.54, 1.807) is 0 Å². The number of benzene rings is 4. The average Bonchev–Trinajstić information content (AvgIpc) is 3.20. The Hall–Kier alpha value is -4.52. The van der Waals surface area contributed by atoms with Gasteiger partial charge < -0.3 is 9.80 Å². The quantitative estimate of drug-likeness (QED) is 0.111. The molecule has 0 aliphatic carbocycles. The normalized spacial score (nSPS) is 13.0. The minimum absolute atomic E-state index is 0.885. The van der Waals surface area contributed by atoms with Crippen molar-refractivity contribution < 1.29 is 0 Å². The predicted octanol–water partition coefficient (Wildman–Crippen LogP) is 13.8. The molecule has 0 saturated carbocycles. The minimum atomic E-state index is 0.885. The Morgan fingerprint density at radius 2 is 0.904 bits per heavy atom. The Morgan fingerprint density at radius 3 is 1.37 bits per heavy atom. The Kier molecular flexibility index (Phi) is 10.6. The summed E-state index contributed by atoms with van der Waals surface area (Å²) >= 11 is 3.76. The molecule has 6 heteroatoms. The van der Waals surface area contributed by atoms with Gasteiger partial charge in [0.05, 0.1) is 34.1 Å². The molecule has 0 N–H and O–H groups in total. The number of rotatable bonds is 13. The van der Waals surface area contributed by atoms with E-state index < -0.39 is 0 Å². The van der Waals surface area contributed by atoms with Crippen LogP contribution in [-0.4, -0.2) is 23.1 Å². The zero-order valence-corrected chi connectivity index (χ0v) is 31.9. The second-order valence-corrected chi connectivity index (χ2v) is 15.9. The summed E-state index contributed by atoms with van der Waals surface area (Å²) in [5.41, 5.74) is 11.8. The third-order valence-corrected chi connectivity index (χ3v) is 12.4. The molecule has 0 unspecified atom stereocenters. The summed E-state index contributed by atoms with van der Waals surface area (Å²) in [5.74, 6) is 0. The number of pyridine rings is 2. The summed E-state index contributed by atoms with van der Waals surface area (Å²) in [7, 11) is 0. The van der Waals surface area contributed by atoms with E-state index in [0.717, 1.165) is 35.6 Å². The molecule has 0 atom stereocenters. The molecule has 52 heavy (non-hydrogen) atoms. The molecule has 2 aliphatic rings. The van der Waals surface area contributed by atoms with Crippen LogP contribution >= 0.6 is 23.5 Å². The smallest absolute Gasteiger partial charge is 0.0892 e. The van der Waals surface area contributed by atoms with E-state index in [-0.39, 0.29) is 0 Å². The predicted molar refractivity (Wildman–Crippen MR) is 222 cm³/mol. The highest BCUT2D eigenvalue weighted by Crippen LogP contribution is 2.53. The average molecular weight is 719 g/mol. The lowest BCUT2D eigenvalue weighted by Gasteiger charge is -2.35. The number of fused-ring (bicyclic) bond motifs is 4. The summed E-state index contributed by atoms with van der Waals surface area (Å²) in [6.45, 7) is 6.57. The highest BCUT2D eigenvalue weighted by Gasteiger charge is 2.28. The number of aromatic nitrogens is 2. The first kappa shape index (κ1) is 34.6. The Bertz CT molecular complexity index is 2020. The molecule has 0 radical (unpaired) electrons. The molecule has 0 bridgehead atoms. The second kappa shape index (κ2) is 16.0. The van der Waals surface area contributed by atoms with E-state index in [4.69, 9.17) is 9.97 Å². The van der Waals surface area contributed by atoms with Gasteiger partial charge in [-0.05, 0) is 84.6 Å². The lowest BCUT2D eigenvalue weighted by atomic mass is 9.99. The summed E-state index contributed by atoms with van der Waals surface area (Å²) in [6.07, 6.45) is 13.7. The number of hydrogen-bond donors (Lipinski definition) is 0. The van der Waals surface area contributed by atoms with Crippen LogP contribution in [0.5, 0.6) is 0 Å². The number of nitrogens with zero attached hydrogens (tertiary/aromatic N) is 4. The van der Waals surface area contributed by atoms with E-state index in [1.807, 2.05) is 35.9 Å². The molecule has 2 aliphatic heterocycles. The van der Waals surface area contributed by atoms with Gasteiger partial charge in [0.2, 0.25) is 0 Å². The van der Waals surface area contributed by atoms with E-state index >= 15 is 0 Å².